The first-order valence-corrected chi connectivity index (χ1v) is 10.0. The lowest BCUT2D eigenvalue weighted by Gasteiger charge is -2.38. The smallest absolute Gasteiger partial charge is 0.325 e. The standard InChI is InChI=1S/C19H32N4O3/c1-3-14-4-7-19(8-5-14)17(25)23(18(26)21-19)12-16(24)22-9-6-13(2)10-15(22)11-20/h13-15H,3-12,20H2,1-2H3,(H,21,26). The minimum Gasteiger partial charge on any atom is -0.337 e. The molecule has 1 aliphatic carbocycles. The molecule has 0 aromatic rings. The molecule has 7 heteroatoms. The fraction of sp³-hybridized carbons (Fsp3) is 0.842. The van der Waals surface area contributed by atoms with Gasteiger partial charge in [0.25, 0.3) is 5.91 Å². The molecular weight excluding hydrogens is 332 g/mol. The Kier molecular flexibility index (Phi) is 5.55. The quantitative estimate of drug-likeness (QED) is 0.738. The molecule has 146 valence electrons. The van der Waals surface area contributed by atoms with Crippen molar-refractivity contribution in [1.29, 1.82) is 0 Å². The van der Waals surface area contributed by atoms with Crippen molar-refractivity contribution in [1.82, 2.24) is 15.1 Å². The van der Waals surface area contributed by atoms with Crippen LogP contribution in [0.25, 0.3) is 0 Å². The third-order valence-corrected chi connectivity index (χ3v) is 6.65. The van der Waals surface area contributed by atoms with Gasteiger partial charge >= 0.3 is 6.03 Å². The van der Waals surface area contributed by atoms with Crippen molar-refractivity contribution >= 4 is 17.8 Å². The lowest BCUT2D eigenvalue weighted by atomic mass is 9.75. The number of likely N-dealkylation sites (tertiary alicyclic amines) is 1. The van der Waals surface area contributed by atoms with Gasteiger partial charge in [-0.3, -0.25) is 14.5 Å². The SMILES string of the molecule is CCC1CCC2(CC1)NC(=O)N(CC(=O)N1CCC(C)CC1CN)C2=O. The summed E-state index contributed by atoms with van der Waals surface area (Å²) in [4.78, 5) is 41.1. The highest BCUT2D eigenvalue weighted by atomic mass is 16.2. The van der Waals surface area contributed by atoms with Crippen LogP contribution in [0.5, 0.6) is 0 Å². The Morgan fingerprint density at radius 3 is 2.58 bits per heavy atom. The Balaban J connectivity index is 1.65. The van der Waals surface area contributed by atoms with Gasteiger partial charge in [-0.2, -0.15) is 0 Å². The second kappa shape index (κ2) is 7.55. The summed E-state index contributed by atoms with van der Waals surface area (Å²) in [5, 5.41) is 2.90. The average molecular weight is 364 g/mol. The molecule has 0 aromatic carbocycles. The van der Waals surface area contributed by atoms with Gasteiger partial charge in [0.15, 0.2) is 0 Å². The molecular formula is C19H32N4O3. The predicted molar refractivity (Wildman–Crippen MR) is 98.2 cm³/mol. The van der Waals surface area contributed by atoms with Gasteiger partial charge in [0.2, 0.25) is 5.91 Å². The number of nitrogens with zero attached hydrogens (tertiary/aromatic N) is 2. The summed E-state index contributed by atoms with van der Waals surface area (Å²) in [6.45, 7) is 5.22. The molecule has 0 radical (unpaired) electrons. The third kappa shape index (κ3) is 3.46. The van der Waals surface area contributed by atoms with Crippen LogP contribution in [0.1, 0.15) is 58.8 Å². The Hall–Kier alpha value is -1.63. The molecule has 2 aliphatic heterocycles. The maximum Gasteiger partial charge on any atom is 0.325 e. The molecule has 2 heterocycles. The number of carbonyl (C=O) groups excluding carboxylic acids is 3. The average Bonchev–Trinajstić information content (AvgIpc) is 2.86. The maximum atomic E-state index is 13.0. The molecule has 3 fully saturated rings. The van der Waals surface area contributed by atoms with Gasteiger partial charge in [-0.1, -0.05) is 20.3 Å². The molecule has 26 heavy (non-hydrogen) atoms. The van der Waals surface area contributed by atoms with E-state index in [1.54, 1.807) is 4.90 Å². The van der Waals surface area contributed by atoms with Crippen LogP contribution in [0.15, 0.2) is 0 Å². The summed E-state index contributed by atoms with van der Waals surface area (Å²) < 4.78 is 0. The number of rotatable bonds is 4. The van der Waals surface area contributed by atoms with Crippen LogP contribution in [-0.2, 0) is 9.59 Å². The molecule has 1 spiro atoms. The van der Waals surface area contributed by atoms with Gasteiger partial charge in [0, 0.05) is 19.1 Å². The molecule has 2 unspecified atom stereocenters. The fourth-order valence-corrected chi connectivity index (χ4v) is 4.77. The number of urea groups is 1. The number of amides is 4. The molecule has 3 rings (SSSR count). The van der Waals surface area contributed by atoms with E-state index in [9.17, 15) is 14.4 Å². The van der Waals surface area contributed by atoms with E-state index < -0.39 is 11.6 Å². The molecule has 1 saturated carbocycles. The van der Waals surface area contributed by atoms with Crippen LogP contribution in [0.2, 0.25) is 0 Å². The third-order valence-electron chi connectivity index (χ3n) is 6.65. The lowest BCUT2D eigenvalue weighted by Crippen LogP contribution is -2.53. The van der Waals surface area contributed by atoms with Gasteiger partial charge in [0.1, 0.15) is 12.1 Å². The van der Waals surface area contributed by atoms with Crippen molar-refractivity contribution in [3.05, 3.63) is 0 Å². The topological polar surface area (TPSA) is 95.7 Å². The van der Waals surface area contributed by atoms with Gasteiger partial charge < -0.3 is 16.0 Å². The van der Waals surface area contributed by atoms with E-state index in [1.165, 1.54) is 0 Å². The predicted octanol–water partition coefficient (Wildman–Crippen LogP) is 1.46. The monoisotopic (exact) mass is 364 g/mol. The normalized spacial score (nSPS) is 35.1. The van der Waals surface area contributed by atoms with Crippen molar-refractivity contribution in [3.63, 3.8) is 0 Å². The highest BCUT2D eigenvalue weighted by Gasteiger charge is 2.52. The molecule has 0 aromatic heterocycles. The number of carbonyl (C=O) groups is 3. The van der Waals surface area contributed by atoms with Crippen molar-refractivity contribution in [2.45, 2.75) is 70.4 Å². The number of nitrogens with one attached hydrogen (secondary N) is 1. The molecule has 4 amide bonds. The second-order valence-corrected chi connectivity index (χ2v) is 8.36. The number of nitrogens with two attached hydrogens (primary N) is 1. The first-order chi connectivity index (χ1) is 12.4. The Bertz CT molecular complexity index is 571. The number of piperidine rings is 1. The minimum atomic E-state index is -0.785. The van der Waals surface area contributed by atoms with Crippen molar-refractivity contribution < 1.29 is 14.4 Å². The van der Waals surface area contributed by atoms with Crippen molar-refractivity contribution in [3.8, 4) is 0 Å². The van der Waals surface area contributed by atoms with Crippen LogP contribution in [0, 0.1) is 11.8 Å². The zero-order valence-electron chi connectivity index (χ0n) is 16.0. The van der Waals surface area contributed by atoms with E-state index in [4.69, 9.17) is 5.73 Å². The van der Waals surface area contributed by atoms with Gasteiger partial charge in [0.05, 0.1) is 0 Å². The minimum absolute atomic E-state index is 0.000898. The summed E-state index contributed by atoms with van der Waals surface area (Å²) in [5.41, 5.74) is 5.06. The maximum absolute atomic E-state index is 13.0. The fourth-order valence-electron chi connectivity index (χ4n) is 4.77. The summed E-state index contributed by atoms with van der Waals surface area (Å²) >= 11 is 0. The summed E-state index contributed by atoms with van der Waals surface area (Å²) in [7, 11) is 0. The molecule has 2 atom stereocenters. The molecule has 2 saturated heterocycles. The second-order valence-electron chi connectivity index (χ2n) is 8.36. The summed E-state index contributed by atoms with van der Waals surface area (Å²) in [6.07, 6.45) is 6.16. The van der Waals surface area contributed by atoms with Gasteiger partial charge in [-0.05, 0) is 50.4 Å². The van der Waals surface area contributed by atoms with E-state index in [2.05, 4.69) is 19.2 Å². The van der Waals surface area contributed by atoms with Crippen LogP contribution in [-0.4, -0.2) is 58.9 Å². The first kappa shape index (κ1) is 19.1. The van der Waals surface area contributed by atoms with E-state index in [-0.39, 0.29) is 24.4 Å². The molecule has 3 N–H and O–H groups in total. The number of imide groups is 1. The highest BCUT2D eigenvalue weighted by Crippen LogP contribution is 2.37. The van der Waals surface area contributed by atoms with Crippen LogP contribution < -0.4 is 11.1 Å². The number of hydrogen-bond acceptors (Lipinski definition) is 4. The van der Waals surface area contributed by atoms with Crippen molar-refractivity contribution in [2.24, 2.45) is 17.6 Å². The Morgan fingerprint density at radius 1 is 1.27 bits per heavy atom. The molecule has 3 aliphatic rings. The zero-order valence-corrected chi connectivity index (χ0v) is 16.0. The van der Waals surface area contributed by atoms with Gasteiger partial charge in [-0.15, -0.1) is 0 Å². The Morgan fingerprint density at radius 2 is 1.96 bits per heavy atom. The van der Waals surface area contributed by atoms with E-state index in [0.717, 1.165) is 37.0 Å². The van der Waals surface area contributed by atoms with Crippen LogP contribution >= 0.6 is 0 Å². The Labute approximate surface area is 155 Å². The van der Waals surface area contributed by atoms with E-state index >= 15 is 0 Å². The molecule has 7 nitrogen and oxygen atoms in total. The molecule has 0 bridgehead atoms. The van der Waals surface area contributed by atoms with E-state index in [0.29, 0.717) is 37.8 Å². The van der Waals surface area contributed by atoms with Crippen LogP contribution in [0.4, 0.5) is 4.79 Å². The highest BCUT2D eigenvalue weighted by molar-refractivity contribution is 6.09. The van der Waals surface area contributed by atoms with E-state index in [1.807, 2.05) is 0 Å². The number of hydrogen-bond donors (Lipinski definition) is 2. The zero-order chi connectivity index (χ0) is 18.9. The van der Waals surface area contributed by atoms with Crippen molar-refractivity contribution in [2.75, 3.05) is 19.6 Å². The first-order valence-electron chi connectivity index (χ1n) is 10.0. The largest absolute Gasteiger partial charge is 0.337 e. The van der Waals surface area contributed by atoms with Crippen LogP contribution in [0.3, 0.4) is 0 Å². The summed E-state index contributed by atoms with van der Waals surface area (Å²) in [6, 6.07) is -0.422. The summed E-state index contributed by atoms with van der Waals surface area (Å²) in [5.74, 6) is 0.776. The lowest BCUT2D eigenvalue weighted by molar-refractivity contribution is -0.142. The van der Waals surface area contributed by atoms with Gasteiger partial charge in [-0.25, -0.2) is 4.79 Å².